The smallest absolute Gasteiger partial charge is 0.410 e. The third-order valence-electron chi connectivity index (χ3n) is 2.28. The van der Waals surface area contributed by atoms with Gasteiger partial charge < -0.3 is 9.64 Å². The molecule has 0 aliphatic carbocycles. The van der Waals surface area contributed by atoms with Gasteiger partial charge >= 0.3 is 6.09 Å². The van der Waals surface area contributed by atoms with E-state index in [4.69, 9.17) is 4.74 Å². The van der Waals surface area contributed by atoms with Gasteiger partial charge in [0.25, 0.3) is 0 Å². The van der Waals surface area contributed by atoms with E-state index in [1.54, 1.807) is 4.90 Å². The van der Waals surface area contributed by atoms with Crippen LogP contribution in [-0.4, -0.2) is 30.7 Å². The Hall–Kier alpha value is -1.77. The largest absolute Gasteiger partial charge is 0.448 e. The molecule has 0 aromatic heterocycles. The standard InChI is InChI=1S/C12H13NO2/c14-12-13(9-10-15-12)8-4-7-11-5-2-1-3-6-11/h1-7H,8-10H2/b7-4+. The van der Waals surface area contributed by atoms with Gasteiger partial charge in [0.15, 0.2) is 0 Å². The van der Waals surface area contributed by atoms with Gasteiger partial charge in [-0.3, -0.25) is 0 Å². The van der Waals surface area contributed by atoms with Crippen LogP contribution in [0.2, 0.25) is 0 Å². The maximum absolute atomic E-state index is 11.1. The molecule has 3 heteroatoms. The Bertz CT molecular complexity index is 359. The van der Waals surface area contributed by atoms with Crippen molar-refractivity contribution in [3.8, 4) is 0 Å². The van der Waals surface area contributed by atoms with Crippen molar-refractivity contribution >= 4 is 12.2 Å². The van der Waals surface area contributed by atoms with Gasteiger partial charge in [-0.05, 0) is 5.56 Å². The zero-order valence-corrected chi connectivity index (χ0v) is 8.43. The van der Waals surface area contributed by atoms with E-state index >= 15 is 0 Å². The number of nitrogens with zero attached hydrogens (tertiary/aromatic N) is 1. The summed E-state index contributed by atoms with van der Waals surface area (Å²) in [7, 11) is 0. The van der Waals surface area contributed by atoms with Crippen molar-refractivity contribution in [1.82, 2.24) is 4.90 Å². The molecule has 1 aliphatic heterocycles. The Morgan fingerprint density at radius 2 is 2.13 bits per heavy atom. The van der Waals surface area contributed by atoms with Crippen LogP contribution >= 0.6 is 0 Å². The average Bonchev–Trinajstić information content (AvgIpc) is 2.66. The van der Waals surface area contributed by atoms with Gasteiger partial charge in [-0.2, -0.15) is 0 Å². The number of ether oxygens (including phenoxy) is 1. The van der Waals surface area contributed by atoms with Gasteiger partial charge in [0, 0.05) is 6.54 Å². The first-order chi connectivity index (χ1) is 7.36. The summed E-state index contributed by atoms with van der Waals surface area (Å²) in [5.41, 5.74) is 1.14. The third-order valence-corrected chi connectivity index (χ3v) is 2.28. The molecule has 1 aromatic carbocycles. The molecule has 3 nitrogen and oxygen atoms in total. The number of hydrogen-bond donors (Lipinski definition) is 0. The van der Waals surface area contributed by atoms with Crippen molar-refractivity contribution in [3.05, 3.63) is 42.0 Å². The molecule has 0 saturated carbocycles. The van der Waals surface area contributed by atoms with E-state index in [2.05, 4.69) is 0 Å². The summed E-state index contributed by atoms with van der Waals surface area (Å²) in [6.45, 7) is 1.82. The van der Waals surface area contributed by atoms with Crippen LogP contribution in [-0.2, 0) is 4.74 Å². The van der Waals surface area contributed by atoms with Gasteiger partial charge in [0.05, 0.1) is 6.54 Å². The molecule has 1 aromatic rings. The lowest BCUT2D eigenvalue weighted by atomic mass is 10.2. The molecular weight excluding hydrogens is 190 g/mol. The van der Waals surface area contributed by atoms with E-state index in [0.29, 0.717) is 19.7 Å². The molecule has 0 unspecified atom stereocenters. The van der Waals surface area contributed by atoms with Crippen LogP contribution in [0.3, 0.4) is 0 Å². The van der Waals surface area contributed by atoms with Crippen molar-refractivity contribution in [2.75, 3.05) is 19.7 Å². The lowest BCUT2D eigenvalue weighted by molar-refractivity contribution is 0.161. The summed E-state index contributed by atoms with van der Waals surface area (Å²) in [6.07, 6.45) is 3.76. The second-order valence-electron chi connectivity index (χ2n) is 3.37. The Balaban J connectivity index is 1.88. The fraction of sp³-hybridized carbons (Fsp3) is 0.250. The highest BCUT2D eigenvalue weighted by Crippen LogP contribution is 2.05. The molecule has 0 radical (unpaired) electrons. The number of carbonyl (C=O) groups is 1. The molecule has 15 heavy (non-hydrogen) atoms. The maximum Gasteiger partial charge on any atom is 0.410 e. The lowest BCUT2D eigenvalue weighted by Gasteiger charge is -2.07. The predicted octanol–water partition coefficient (Wildman–Crippen LogP) is 2.15. The molecule has 0 atom stereocenters. The third kappa shape index (κ3) is 2.59. The highest BCUT2D eigenvalue weighted by atomic mass is 16.6. The highest BCUT2D eigenvalue weighted by Gasteiger charge is 2.19. The first-order valence-electron chi connectivity index (χ1n) is 4.99. The van der Waals surface area contributed by atoms with Gasteiger partial charge in [0.1, 0.15) is 6.61 Å². The van der Waals surface area contributed by atoms with Crippen molar-refractivity contribution in [1.29, 1.82) is 0 Å². The minimum absolute atomic E-state index is 0.215. The van der Waals surface area contributed by atoms with Crippen LogP contribution in [0.1, 0.15) is 5.56 Å². The number of hydrogen-bond acceptors (Lipinski definition) is 2. The molecule has 1 amide bonds. The van der Waals surface area contributed by atoms with E-state index in [1.165, 1.54) is 0 Å². The van der Waals surface area contributed by atoms with Crippen molar-refractivity contribution in [2.45, 2.75) is 0 Å². The summed E-state index contributed by atoms with van der Waals surface area (Å²) in [5, 5.41) is 0. The van der Waals surface area contributed by atoms with E-state index in [9.17, 15) is 4.79 Å². The van der Waals surface area contributed by atoms with E-state index in [1.807, 2.05) is 42.5 Å². The van der Waals surface area contributed by atoms with Crippen LogP contribution in [0, 0.1) is 0 Å². The first-order valence-corrected chi connectivity index (χ1v) is 4.99. The second-order valence-corrected chi connectivity index (χ2v) is 3.37. The van der Waals surface area contributed by atoms with Crippen LogP contribution in [0.5, 0.6) is 0 Å². The Morgan fingerprint density at radius 1 is 1.33 bits per heavy atom. The molecular formula is C12H13NO2. The van der Waals surface area contributed by atoms with E-state index in [-0.39, 0.29) is 6.09 Å². The molecule has 0 N–H and O–H groups in total. The zero-order valence-electron chi connectivity index (χ0n) is 8.43. The van der Waals surface area contributed by atoms with Gasteiger partial charge in [-0.25, -0.2) is 4.79 Å². The predicted molar refractivity (Wildman–Crippen MR) is 58.4 cm³/mol. The zero-order chi connectivity index (χ0) is 10.5. The van der Waals surface area contributed by atoms with E-state index in [0.717, 1.165) is 5.56 Å². The minimum atomic E-state index is -0.215. The number of carbonyl (C=O) groups excluding carboxylic acids is 1. The summed E-state index contributed by atoms with van der Waals surface area (Å²) < 4.78 is 4.82. The second kappa shape index (κ2) is 4.64. The monoisotopic (exact) mass is 203 g/mol. The lowest BCUT2D eigenvalue weighted by Crippen LogP contribution is -2.23. The number of amides is 1. The number of benzene rings is 1. The summed E-state index contributed by atoms with van der Waals surface area (Å²) >= 11 is 0. The van der Waals surface area contributed by atoms with Gasteiger partial charge in [-0.15, -0.1) is 0 Å². The topological polar surface area (TPSA) is 29.5 Å². The Kier molecular flexibility index (Phi) is 3.02. The van der Waals surface area contributed by atoms with Crippen LogP contribution in [0.4, 0.5) is 4.79 Å². The summed E-state index contributed by atoms with van der Waals surface area (Å²) in [4.78, 5) is 12.8. The van der Waals surface area contributed by atoms with Crippen molar-refractivity contribution in [3.63, 3.8) is 0 Å². The van der Waals surface area contributed by atoms with Crippen LogP contribution in [0.15, 0.2) is 36.4 Å². The molecule has 2 rings (SSSR count). The van der Waals surface area contributed by atoms with Gasteiger partial charge in [0.2, 0.25) is 0 Å². The van der Waals surface area contributed by atoms with Crippen molar-refractivity contribution in [2.24, 2.45) is 0 Å². The SMILES string of the molecule is O=C1OCCN1C/C=C/c1ccccc1. The normalized spacial score (nSPS) is 16.0. The average molecular weight is 203 g/mol. The Morgan fingerprint density at radius 3 is 2.80 bits per heavy atom. The molecule has 1 heterocycles. The molecule has 0 bridgehead atoms. The summed E-state index contributed by atoms with van der Waals surface area (Å²) in [5.74, 6) is 0. The Labute approximate surface area is 89.0 Å². The number of cyclic esters (lactones) is 1. The molecule has 0 spiro atoms. The van der Waals surface area contributed by atoms with Gasteiger partial charge in [-0.1, -0.05) is 42.5 Å². The fourth-order valence-electron chi connectivity index (χ4n) is 1.47. The number of rotatable bonds is 3. The highest BCUT2D eigenvalue weighted by molar-refractivity contribution is 5.69. The van der Waals surface area contributed by atoms with E-state index < -0.39 is 0 Å². The quantitative estimate of drug-likeness (QED) is 0.753. The fourth-order valence-corrected chi connectivity index (χ4v) is 1.47. The maximum atomic E-state index is 11.1. The molecule has 1 fully saturated rings. The molecule has 1 saturated heterocycles. The van der Waals surface area contributed by atoms with Crippen LogP contribution in [0.25, 0.3) is 6.08 Å². The van der Waals surface area contributed by atoms with Crippen LogP contribution < -0.4 is 0 Å². The molecule has 78 valence electrons. The summed E-state index contributed by atoms with van der Waals surface area (Å²) in [6, 6.07) is 10.0. The molecule has 1 aliphatic rings. The minimum Gasteiger partial charge on any atom is -0.448 e. The first kappa shape index (κ1) is 9.77. The van der Waals surface area contributed by atoms with Crippen molar-refractivity contribution < 1.29 is 9.53 Å².